The second kappa shape index (κ2) is 3.48. The van der Waals surface area contributed by atoms with Crippen LogP contribution in [0, 0.1) is 0 Å². The lowest BCUT2D eigenvalue weighted by Gasteiger charge is -2.02. The summed E-state index contributed by atoms with van der Waals surface area (Å²) in [7, 11) is 0. The topological polar surface area (TPSA) is 55.0 Å². The molecule has 2 aromatic rings. The zero-order valence-electron chi connectivity index (χ0n) is 8.56. The third-order valence-electron chi connectivity index (χ3n) is 2.63. The molecule has 0 amide bonds. The number of hydrogen-bond acceptors (Lipinski definition) is 3. The Balaban J connectivity index is 2.10. The van der Waals surface area contributed by atoms with Crippen LogP contribution in [0.5, 0.6) is 5.75 Å². The predicted molar refractivity (Wildman–Crippen MR) is 59.5 cm³/mol. The van der Waals surface area contributed by atoms with Crippen molar-refractivity contribution in [1.29, 1.82) is 0 Å². The van der Waals surface area contributed by atoms with Crippen LogP contribution in [-0.4, -0.2) is 16.6 Å². The van der Waals surface area contributed by atoms with Gasteiger partial charge in [0.1, 0.15) is 11.6 Å². The Bertz CT molecular complexity index is 590. The van der Waals surface area contributed by atoms with Crippen LogP contribution in [0.2, 0.25) is 0 Å². The van der Waals surface area contributed by atoms with Crippen molar-refractivity contribution in [2.45, 2.75) is 6.42 Å². The van der Waals surface area contributed by atoms with Crippen molar-refractivity contribution in [3.05, 3.63) is 46.4 Å². The summed E-state index contributed by atoms with van der Waals surface area (Å²) in [5.41, 5.74) is 1.95. The van der Waals surface area contributed by atoms with Gasteiger partial charge in [0.25, 0.3) is 5.56 Å². The highest BCUT2D eigenvalue weighted by molar-refractivity contribution is 5.59. The van der Waals surface area contributed by atoms with E-state index in [2.05, 4.69) is 9.97 Å². The van der Waals surface area contributed by atoms with Gasteiger partial charge in [-0.25, -0.2) is 4.98 Å². The van der Waals surface area contributed by atoms with Crippen molar-refractivity contribution < 1.29 is 4.74 Å². The zero-order chi connectivity index (χ0) is 11.0. The maximum atomic E-state index is 11.2. The Morgan fingerprint density at radius 3 is 3.12 bits per heavy atom. The number of H-pyrrole nitrogens is 1. The van der Waals surface area contributed by atoms with Crippen LogP contribution in [0.4, 0.5) is 0 Å². The normalized spacial score (nSPS) is 13.2. The first-order valence-electron chi connectivity index (χ1n) is 5.14. The van der Waals surface area contributed by atoms with E-state index >= 15 is 0 Å². The van der Waals surface area contributed by atoms with Crippen LogP contribution in [0.1, 0.15) is 5.56 Å². The molecule has 1 aliphatic rings. The maximum absolute atomic E-state index is 11.2. The molecule has 0 saturated heterocycles. The van der Waals surface area contributed by atoms with Crippen LogP contribution < -0.4 is 10.3 Å². The Morgan fingerprint density at radius 1 is 1.31 bits per heavy atom. The van der Waals surface area contributed by atoms with Crippen molar-refractivity contribution >= 4 is 0 Å². The molecule has 0 saturated carbocycles. The number of nitrogens with zero attached hydrogens (tertiary/aromatic N) is 1. The van der Waals surface area contributed by atoms with Crippen LogP contribution in [-0.2, 0) is 6.42 Å². The number of hydrogen-bond donors (Lipinski definition) is 1. The number of fused-ring (bicyclic) bond motifs is 1. The van der Waals surface area contributed by atoms with Gasteiger partial charge in [0.15, 0.2) is 0 Å². The average molecular weight is 214 g/mol. The number of benzene rings is 1. The molecule has 1 N–H and O–H groups in total. The largest absolute Gasteiger partial charge is 0.493 e. The Hall–Kier alpha value is -2.10. The summed E-state index contributed by atoms with van der Waals surface area (Å²) in [6.45, 7) is 0.734. The number of aromatic amines is 1. The number of ether oxygens (including phenoxy) is 1. The fourth-order valence-electron chi connectivity index (χ4n) is 1.85. The fourth-order valence-corrected chi connectivity index (χ4v) is 1.85. The van der Waals surface area contributed by atoms with Gasteiger partial charge in [0.2, 0.25) is 0 Å². The van der Waals surface area contributed by atoms with E-state index in [1.165, 1.54) is 17.8 Å². The van der Waals surface area contributed by atoms with E-state index in [1.54, 1.807) is 0 Å². The third kappa shape index (κ3) is 1.48. The summed E-state index contributed by atoms with van der Waals surface area (Å²) in [6, 6.07) is 7.24. The number of nitrogens with one attached hydrogen (secondary N) is 1. The minimum Gasteiger partial charge on any atom is -0.493 e. The quantitative estimate of drug-likeness (QED) is 0.780. The summed E-state index contributed by atoms with van der Waals surface area (Å²) >= 11 is 0. The Morgan fingerprint density at radius 2 is 2.25 bits per heavy atom. The Labute approximate surface area is 91.9 Å². The van der Waals surface area contributed by atoms with Gasteiger partial charge >= 0.3 is 0 Å². The molecular formula is C12H10N2O2. The van der Waals surface area contributed by atoms with Crippen LogP contribution >= 0.6 is 0 Å². The molecule has 1 aromatic carbocycles. The van der Waals surface area contributed by atoms with Gasteiger partial charge in [-0.05, 0) is 23.8 Å². The molecule has 0 bridgehead atoms. The molecule has 0 aliphatic carbocycles. The molecule has 80 valence electrons. The summed E-state index contributed by atoms with van der Waals surface area (Å²) in [5.74, 6) is 1.53. The number of aromatic nitrogens is 2. The van der Waals surface area contributed by atoms with E-state index in [0.717, 1.165) is 24.3 Å². The third-order valence-corrected chi connectivity index (χ3v) is 2.63. The van der Waals surface area contributed by atoms with Crippen LogP contribution in [0.25, 0.3) is 11.4 Å². The SMILES string of the molecule is O=c1ccnc(-c2ccc3c(c2)CCO3)[nH]1. The van der Waals surface area contributed by atoms with Gasteiger partial charge in [-0.2, -0.15) is 0 Å². The van der Waals surface area contributed by atoms with Gasteiger partial charge in [-0.15, -0.1) is 0 Å². The van der Waals surface area contributed by atoms with E-state index in [9.17, 15) is 4.79 Å². The second-order valence-electron chi connectivity index (χ2n) is 3.70. The first-order valence-corrected chi connectivity index (χ1v) is 5.14. The van der Waals surface area contributed by atoms with E-state index in [4.69, 9.17) is 4.74 Å². The first-order chi connectivity index (χ1) is 7.83. The second-order valence-corrected chi connectivity index (χ2v) is 3.70. The summed E-state index contributed by atoms with van der Waals surface area (Å²) < 4.78 is 5.42. The van der Waals surface area contributed by atoms with Gasteiger partial charge < -0.3 is 9.72 Å². The summed E-state index contributed by atoms with van der Waals surface area (Å²) in [4.78, 5) is 18.0. The molecule has 0 unspecified atom stereocenters. The lowest BCUT2D eigenvalue weighted by atomic mass is 10.1. The van der Waals surface area contributed by atoms with Crippen molar-refractivity contribution in [3.8, 4) is 17.1 Å². The monoisotopic (exact) mass is 214 g/mol. The van der Waals surface area contributed by atoms with Crippen molar-refractivity contribution in [1.82, 2.24) is 9.97 Å². The molecular weight excluding hydrogens is 204 g/mol. The molecule has 0 spiro atoms. The molecule has 4 nitrogen and oxygen atoms in total. The molecule has 1 aliphatic heterocycles. The predicted octanol–water partition coefficient (Wildman–Crippen LogP) is 1.37. The fraction of sp³-hybridized carbons (Fsp3) is 0.167. The number of rotatable bonds is 1. The molecule has 2 heterocycles. The van der Waals surface area contributed by atoms with Crippen LogP contribution in [0.3, 0.4) is 0 Å². The van der Waals surface area contributed by atoms with Gasteiger partial charge in [0, 0.05) is 24.2 Å². The zero-order valence-corrected chi connectivity index (χ0v) is 8.56. The molecule has 0 atom stereocenters. The standard InChI is InChI=1S/C12H10N2O2/c15-11-3-5-13-12(14-11)9-1-2-10-8(7-9)4-6-16-10/h1-3,5,7H,4,6H2,(H,13,14,15). The molecule has 4 heteroatoms. The van der Waals surface area contributed by atoms with Gasteiger partial charge in [0.05, 0.1) is 6.61 Å². The lowest BCUT2D eigenvalue weighted by molar-refractivity contribution is 0.357. The molecule has 3 rings (SSSR count). The average Bonchev–Trinajstić information content (AvgIpc) is 2.75. The summed E-state index contributed by atoms with van der Waals surface area (Å²) in [5, 5.41) is 0. The van der Waals surface area contributed by atoms with E-state index in [-0.39, 0.29) is 5.56 Å². The van der Waals surface area contributed by atoms with Crippen molar-refractivity contribution in [2.75, 3.05) is 6.61 Å². The molecule has 1 aromatic heterocycles. The van der Waals surface area contributed by atoms with Crippen molar-refractivity contribution in [3.63, 3.8) is 0 Å². The minimum absolute atomic E-state index is 0.137. The van der Waals surface area contributed by atoms with Crippen molar-refractivity contribution in [2.24, 2.45) is 0 Å². The molecule has 0 radical (unpaired) electrons. The van der Waals surface area contributed by atoms with Gasteiger partial charge in [-0.3, -0.25) is 4.79 Å². The molecule has 16 heavy (non-hydrogen) atoms. The highest BCUT2D eigenvalue weighted by atomic mass is 16.5. The van der Waals surface area contributed by atoms with E-state index in [1.807, 2.05) is 18.2 Å². The van der Waals surface area contributed by atoms with Gasteiger partial charge in [-0.1, -0.05) is 0 Å². The first kappa shape index (κ1) is 9.15. The van der Waals surface area contributed by atoms with E-state index in [0.29, 0.717) is 5.82 Å². The summed E-state index contributed by atoms with van der Waals surface area (Å²) in [6.07, 6.45) is 2.43. The highest BCUT2D eigenvalue weighted by Gasteiger charge is 2.13. The Kier molecular flexibility index (Phi) is 1.99. The van der Waals surface area contributed by atoms with E-state index < -0.39 is 0 Å². The molecule has 0 fully saturated rings. The van der Waals surface area contributed by atoms with Crippen LogP contribution in [0.15, 0.2) is 35.3 Å². The minimum atomic E-state index is -0.137. The highest BCUT2D eigenvalue weighted by Crippen LogP contribution is 2.28. The lowest BCUT2D eigenvalue weighted by Crippen LogP contribution is -2.05. The smallest absolute Gasteiger partial charge is 0.251 e. The maximum Gasteiger partial charge on any atom is 0.251 e.